The molecule has 103 heavy (non-hydrogen) atoms. The van der Waals surface area contributed by atoms with Crippen LogP contribution in [0.3, 0.4) is 0 Å². The number of aliphatic hydroxyl groups is 13. The first-order valence-electron chi connectivity index (χ1n) is 32.8. The number of hydrogen-bond acceptors (Lipinski definition) is 28. The van der Waals surface area contributed by atoms with Crippen LogP contribution in [0.2, 0.25) is 0 Å². The van der Waals surface area contributed by atoms with Crippen LogP contribution in [0.5, 0.6) is 11.5 Å². The van der Waals surface area contributed by atoms with Crippen molar-refractivity contribution in [3.05, 3.63) is 82.2 Å². The van der Waals surface area contributed by atoms with Gasteiger partial charge < -0.3 is 135 Å². The summed E-state index contributed by atoms with van der Waals surface area (Å²) >= 11 is 13.2. The van der Waals surface area contributed by atoms with Gasteiger partial charge in [0, 0.05) is 104 Å². The fourth-order valence-electron chi connectivity index (χ4n) is 14.1. The minimum atomic E-state index is -2.91. The maximum absolute atomic E-state index is 14.6. The number of carbonyl (C=O) groups excluding carboxylic acids is 4. The van der Waals surface area contributed by atoms with Crippen molar-refractivity contribution >= 4 is 91.7 Å². The predicted octanol–water partition coefficient (Wildman–Crippen LogP) is -2.78. The average molecular weight is 1500 g/mol. The van der Waals surface area contributed by atoms with Crippen molar-refractivity contribution in [1.82, 2.24) is 10.6 Å². The molecule has 0 saturated carbocycles. The van der Waals surface area contributed by atoms with Gasteiger partial charge in [0.25, 0.3) is 11.6 Å². The summed E-state index contributed by atoms with van der Waals surface area (Å²) in [7, 11) is 0. The lowest BCUT2D eigenvalue weighted by Gasteiger charge is -2.47. The van der Waals surface area contributed by atoms with E-state index in [1.165, 1.54) is 21.9 Å². The second kappa shape index (κ2) is 32.8. The number of nitrogens with zero attached hydrogens (tertiary/aromatic N) is 5. The number of hydrogen-bond donors (Lipinski definition) is 17. The number of carboxylic acid groups (broad SMARTS) is 2. The fraction of sp³-hybridized carbons (Fsp3) is 0.600. The van der Waals surface area contributed by atoms with Gasteiger partial charge in [-0.05, 0) is 33.9 Å². The Kier molecular flexibility index (Phi) is 25.0. The number of aliphatic hydroxyl groups excluding tert-OH is 13. The Balaban J connectivity index is 0.841. The number of anilines is 2. The second-order valence-electron chi connectivity index (χ2n) is 26.1. The molecule has 564 valence electrons. The van der Waals surface area contributed by atoms with E-state index in [4.69, 9.17) is 66.6 Å². The molecule has 6 aliphatic heterocycles. The summed E-state index contributed by atoms with van der Waals surface area (Å²) in [4.78, 5) is 84.8. The van der Waals surface area contributed by atoms with Crippen LogP contribution in [0.1, 0.15) is 68.9 Å². The number of fused-ring (bicyclic) bond motifs is 6. The van der Waals surface area contributed by atoms with Crippen molar-refractivity contribution in [3.8, 4) is 11.5 Å². The Morgan fingerprint density at radius 1 is 0.612 bits per heavy atom. The molecule has 4 saturated heterocycles. The first-order valence-corrected chi connectivity index (χ1v) is 33.9. The molecule has 22 unspecified atom stereocenters. The molecule has 6 heterocycles. The third-order valence-electron chi connectivity index (χ3n) is 19.3. The fourth-order valence-corrected chi connectivity index (χ4v) is 14.6. The molecule has 38 heteroatoms. The Bertz CT molecular complexity index is 3830. The van der Waals surface area contributed by atoms with E-state index in [2.05, 4.69) is 20.7 Å². The summed E-state index contributed by atoms with van der Waals surface area (Å²) < 4.78 is 47.4. The van der Waals surface area contributed by atoms with Crippen molar-refractivity contribution < 1.29 is 143 Å². The summed E-state index contributed by atoms with van der Waals surface area (Å²) in [5, 5.41) is 173. The van der Waals surface area contributed by atoms with Crippen LogP contribution >= 0.6 is 23.2 Å². The number of amides is 4. The van der Waals surface area contributed by atoms with Crippen LogP contribution in [0.4, 0.5) is 11.4 Å². The summed E-state index contributed by atoms with van der Waals surface area (Å²) in [5.41, 5.74) is 10.7. The van der Waals surface area contributed by atoms with Gasteiger partial charge in [0.1, 0.15) is 90.9 Å². The Morgan fingerprint density at radius 3 is 1.36 bits per heavy atom. The highest BCUT2D eigenvalue weighted by Crippen LogP contribution is 2.49. The average Bonchev–Trinajstić information content (AvgIpc) is 1.55. The summed E-state index contributed by atoms with van der Waals surface area (Å²) in [6.45, 7) is -1.51. The van der Waals surface area contributed by atoms with Crippen LogP contribution in [0.25, 0.3) is 32.0 Å². The van der Waals surface area contributed by atoms with E-state index in [1.807, 2.05) is 0 Å². The Hall–Kier alpha value is -7.05. The summed E-state index contributed by atoms with van der Waals surface area (Å²) in [6, 6.07) is 13.4. The summed E-state index contributed by atoms with van der Waals surface area (Å²) in [6.07, 6.45) is -37.3. The molecule has 24 atom stereocenters. The topological polar surface area (TPSA) is 559 Å². The standard InChI is InChI=1S/C65H81Cl2N7O29/c1-26(76)70-48-36(78)16-64(62(92)93,102-58(48)50(84)38(80)20-69-72-68)96-24-42-52(86)54(88)56(90)60(100-42)98-40-14-34-46(32-10-5-3-8-30(32)40)28(18-66)21-73(34)44(82)12-7-13-45(83)74-22-29(19-67)47-33-11-6-4-9-31(33)41(15-35(47)74)99-61-57(91)55(89)53(87)43(101-61)25-97-65(63(94)95)17-37(79)49(71-27(2)77)59(103-65)51(85)39(81)23-75/h3-6,8-11,14-15,28-29,36-39,42-43,48-61,75,78-81,84-91H,7,12-13,16-25H2,1-2H3,(H,70,76)(H,71,77)(H,92,93)(H,94,95)/t28-,29-,36?,37?,38?,39?,42?,43?,48?,49?,50?,51?,52?,53?,54?,55?,56?,57?,58?,59?,60?,61?,64?,65?/m1/s1. The highest BCUT2D eigenvalue weighted by molar-refractivity contribution is 6.19. The van der Waals surface area contributed by atoms with E-state index in [-0.39, 0.29) is 55.6 Å². The first kappa shape index (κ1) is 78.5. The molecule has 0 bridgehead atoms. The molecule has 17 N–H and O–H groups in total. The van der Waals surface area contributed by atoms with Crippen LogP contribution in [0.15, 0.2) is 65.8 Å². The van der Waals surface area contributed by atoms with Gasteiger partial charge >= 0.3 is 11.9 Å². The molecule has 0 aromatic heterocycles. The van der Waals surface area contributed by atoms with Crippen molar-refractivity contribution in [2.24, 2.45) is 5.11 Å². The van der Waals surface area contributed by atoms with Crippen molar-refractivity contribution in [2.45, 2.75) is 192 Å². The summed E-state index contributed by atoms with van der Waals surface area (Å²) in [5.74, 6) is -12.9. The highest BCUT2D eigenvalue weighted by Gasteiger charge is 2.59. The molecule has 4 amide bonds. The predicted molar refractivity (Wildman–Crippen MR) is 352 cm³/mol. The Labute approximate surface area is 594 Å². The zero-order valence-corrected chi connectivity index (χ0v) is 56.6. The molecular formula is C65H81Cl2N7O29. The SMILES string of the molecule is CC(=O)NC1C(O)CC(OCC2OC(Oc3cc4c(c5ccccc35)[C@H](CCl)CN4C(=O)CCCC(=O)N3C[C@@H](CCl)c4c3cc(OC3OC(COC5(C(=O)O)CC(O)C(NC(C)=O)C(C(O)C(O)CN=[N+]=[N-])O5)C(O)C(O)C3O)c3ccccc43)C(O)C(O)C2O)(C(=O)O)OC1C(O)C(O)CO. The molecular weight excluding hydrogens is 1410 g/mol. The molecule has 0 spiro atoms. The maximum Gasteiger partial charge on any atom is 0.364 e. The molecule has 6 aliphatic rings. The Morgan fingerprint density at radius 2 is 1.00 bits per heavy atom. The van der Waals surface area contributed by atoms with E-state index in [9.17, 15) is 105 Å². The number of carbonyl (C=O) groups is 6. The maximum atomic E-state index is 14.6. The number of azide groups is 1. The monoisotopic (exact) mass is 1490 g/mol. The highest BCUT2D eigenvalue weighted by atomic mass is 35.5. The van der Waals surface area contributed by atoms with Gasteiger partial charge in [0.05, 0.1) is 68.1 Å². The number of benzene rings is 4. The van der Waals surface area contributed by atoms with Gasteiger partial charge in [-0.25, -0.2) is 9.59 Å². The quantitative estimate of drug-likeness (QED) is 0.0124. The van der Waals surface area contributed by atoms with Gasteiger partial charge in [0.15, 0.2) is 0 Å². The number of aliphatic carboxylic acids is 2. The lowest BCUT2D eigenvalue weighted by atomic mass is 9.88. The van der Waals surface area contributed by atoms with E-state index >= 15 is 0 Å². The number of rotatable bonds is 27. The smallest absolute Gasteiger partial charge is 0.364 e. The molecule has 36 nitrogen and oxygen atoms in total. The van der Waals surface area contributed by atoms with Gasteiger partial charge in [-0.3, -0.25) is 19.2 Å². The molecule has 0 radical (unpaired) electrons. The molecule has 4 fully saturated rings. The van der Waals surface area contributed by atoms with E-state index in [0.717, 1.165) is 13.8 Å². The first-order chi connectivity index (χ1) is 48.9. The van der Waals surface area contributed by atoms with Crippen LogP contribution in [0, 0.1) is 0 Å². The van der Waals surface area contributed by atoms with E-state index < -0.39 is 221 Å². The number of carboxylic acids is 2. The molecule has 10 rings (SSSR count). The second-order valence-corrected chi connectivity index (χ2v) is 26.8. The minimum absolute atomic E-state index is 0.0174. The third-order valence-corrected chi connectivity index (χ3v) is 20.1. The molecule has 4 aromatic carbocycles. The van der Waals surface area contributed by atoms with Gasteiger partial charge in [-0.2, -0.15) is 0 Å². The van der Waals surface area contributed by atoms with Crippen molar-refractivity contribution in [3.63, 3.8) is 0 Å². The zero-order chi connectivity index (χ0) is 74.8. The largest absolute Gasteiger partial charge is 0.477 e. The van der Waals surface area contributed by atoms with E-state index in [1.54, 1.807) is 48.5 Å². The minimum Gasteiger partial charge on any atom is -0.477 e. The third kappa shape index (κ3) is 15.9. The van der Waals surface area contributed by atoms with Gasteiger partial charge in [-0.15, -0.1) is 23.2 Å². The number of alkyl halides is 2. The van der Waals surface area contributed by atoms with Gasteiger partial charge in [0.2, 0.25) is 36.2 Å². The zero-order valence-electron chi connectivity index (χ0n) is 55.1. The van der Waals surface area contributed by atoms with E-state index in [0.29, 0.717) is 44.0 Å². The van der Waals surface area contributed by atoms with Crippen LogP contribution in [-0.2, 0) is 57.2 Å². The number of halogens is 2. The van der Waals surface area contributed by atoms with Crippen LogP contribution < -0.4 is 29.9 Å². The van der Waals surface area contributed by atoms with Crippen LogP contribution in [-0.4, -0.2) is 297 Å². The van der Waals surface area contributed by atoms with Gasteiger partial charge in [-0.1, -0.05) is 53.6 Å². The number of ether oxygens (including phenoxy) is 8. The molecule has 4 aromatic rings. The lowest BCUT2D eigenvalue weighted by Crippen LogP contribution is -2.68. The molecule has 0 aliphatic carbocycles. The normalized spacial score (nSPS) is 33.2. The number of nitrogens with one attached hydrogen (secondary N) is 2. The van der Waals surface area contributed by atoms with Crippen molar-refractivity contribution in [1.29, 1.82) is 0 Å². The van der Waals surface area contributed by atoms with Crippen molar-refractivity contribution in [2.75, 3.05) is 61.0 Å². The lowest BCUT2D eigenvalue weighted by molar-refractivity contribution is -0.332.